The maximum Gasteiger partial charge on any atom is 0.220 e. The molecule has 1 amide bonds. The lowest BCUT2D eigenvalue weighted by Gasteiger charge is -2.25. The van der Waals surface area contributed by atoms with Crippen molar-refractivity contribution in [2.24, 2.45) is 5.92 Å². The van der Waals surface area contributed by atoms with Crippen molar-refractivity contribution >= 4 is 5.91 Å². The molecule has 0 aliphatic carbocycles. The van der Waals surface area contributed by atoms with Gasteiger partial charge in [-0.1, -0.05) is 30.3 Å². The van der Waals surface area contributed by atoms with Gasteiger partial charge in [-0.15, -0.1) is 0 Å². The molecular formula is C20H31N3O. The van der Waals surface area contributed by atoms with E-state index in [1.54, 1.807) is 0 Å². The van der Waals surface area contributed by atoms with Crippen LogP contribution in [0.1, 0.15) is 44.1 Å². The van der Waals surface area contributed by atoms with Crippen molar-refractivity contribution in [3.8, 4) is 0 Å². The van der Waals surface area contributed by atoms with Crippen LogP contribution in [0.2, 0.25) is 0 Å². The molecular weight excluding hydrogens is 298 g/mol. The van der Waals surface area contributed by atoms with Crippen LogP contribution in [0.4, 0.5) is 0 Å². The van der Waals surface area contributed by atoms with Crippen LogP contribution in [0.5, 0.6) is 0 Å². The summed E-state index contributed by atoms with van der Waals surface area (Å²) in [5, 5.41) is 6.57. The summed E-state index contributed by atoms with van der Waals surface area (Å²) in [7, 11) is 0. The topological polar surface area (TPSA) is 44.4 Å². The Balaban J connectivity index is 1.37. The first-order chi connectivity index (χ1) is 11.8. The number of carbonyl (C=O) groups excluding carboxylic acids is 1. The number of carbonyl (C=O) groups is 1. The third-order valence-electron chi connectivity index (χ3n) is 5.50. The van der Waals surface area contributed by atoms with Crippen LogP contribution in [0.3, 0.4) is 0 Å². The third-order valence-corrected chi connectivity index (χ3v) is 5.50. The van der Waals surface area contributed by atoms with Crippen molar-refractivity contribution in [2.75, 3.05) is 26.2 Å². The Kier molecular flexibility index (Phi) is 6.67. The van der Waals surface area contributed by atoms with Crippen LogP contribution in [-0.4, -0.2) is 43.0 Å². The average Bonchev–Trinajstić information content (AvgIpc) is 3.07. The molecule has 1 aromatic rings. The lowest BCUT2D eigenvalue weighted by molar-refractivity contribution is -0.121. The van der Waals surface area contributed by atoms with E-state index in [1.165, 1.54) is 31.2 Å². The zero-order chi connectivity index (χ0) is 16.6. The molecule has 2 aliphatic rings. The van der Waals surface area contributed by atoms with Gasteiger partial charge in [-0.3, -0.25) is 9.69 Å². The van der Waals surface area contributed by atoms with Crippen molar-refractivity contribution in [1.82, 2.24) is 15.5 Å². The lowest BCUT2D eigenvalue weighted by atomic mass is 9.93. The summed E-state index contributed by atoms with van der Waals surface area (Å²) in [6.07, 6.45) is 6.62. The first-order valence-corrected chi connectivity index (χ1v) is 9.56. The predicted octanol–water partition coefficient (Wildman–Crippen LogP) is 2.55. The van der Waals surface area contributed by atoms with Crippen molar-refractivity contribution in [3.05, 3.63) is 35.9 Å². The van der Waals surface area contributed by atoms with Gasteiger partial charge in [0.2, 0.25) is 5.91 Å². The molecule has 0 spiro atoms. The molecule has 0 radical (unpaired) electrons. The van der Waals surface area contributed by atoms with Gasteiger partial charge in [0, 0.05) is 25.6 Å². The van der Waals surface area contributed by atoms with Gasteiger partial charge in [-0.2, -0.15) is 0 Å². The minimum atomic E-state index is 0.236. The molecule has 24 heavy (non-hydrogen) atoms. The number of hydrogen-bond donors (Lipinski definition) is 2. The highest BCUT2D eigenvalue weighted by Crippen LogP contribution is 2.20. The fraction of sp³-hybridized carbons (Fsp3) is 0.650. The van der Waals surface area contributed by atoms with Gasteiger partial charge >= 0.3 is 0 Å². The highest BCUT2D eigenvalue weighted by molar-refractivity contribution is 5.75. The molecule has 4 heteroatoms. The van der Waals surface area contributed by atoms with Gasteiger partial charge in [0.25, 0.3) is 0 Å². The Hall–Kier alpha value is -1.39. The number of rotatable bonds is 7. The van der Waals surface area contributed by atoms with E-state index in [0.717, 1.165) is 45.1 Å². The molecule has 4 nitrogen and oxygen atoms in total. The molecule has 132 valence electrons. The van der Waals surface area contributed by atoms with Crippen molar-refractivity contribution in [2.45, 2.75) is 51.1 Å². The van der Waals surface area contributed by atoms with E-state index in [4.69, 9.17) is 0 Å². The summed E-state index contributed by atoms with van der Waals surface area (Å²) < 4.78 is 0. The Morgan fingerprint density at radius 2 is 1.96 bits per heavy atom. The van der Waals surface area contributed by atoms with E-state index < -0.39 is 0 Å². The van der Waals surface area contributed by atoms with Crippen LogP contribution in [0, 0.1) is 5.92 Å². The van der Waals surface area contributed by atoms with Crippen molar-refractivity contribution in [3.63, 3.8) is 0 Å². The molecule has 1 aromatic carbocycles. The first kappa shape index (κ1) is 17.4. The molecule has 2 saturated heterocycles. The summed E-state index contributed by atoms with van der Waals surface area (Å²) in [6, 6.07) is 11.1. The lowest BCUT2D eigenvalue weighted by Crippen LogP contribution is -2.40. The van der Waals surface area contributed by atoms with Gasteiger partial charge in [-0.05, 0) is 63.2 Å². The summed E-state index contributed by atoms with van der Waals surface area (Å²) in [5.41, 5.74) is 1.36. The molecule has 1 atom stereocenters. The predicted molar refractivity (Wildman–Crippen MR) is 97.7 cm³/mol. The Labute approximate surface area is 146 Å². The Morgan fingerprint density at radius 3 is 2.75 bits per heavy atom. The largest absolute Gasteiger partial charge is 0.355 e. The van der Waals surface area contributed by atoms with E-state index >= 15 is 0 Å². The van der Waals surface area contributed by atoms with Crippen LogP contribution in [-0.2, 0) is 11.3 Å². The number of nitrogens with zero attached hydrogens (tertiary/aromatic N) is 1. The minimum absolute atomic E-state index is 0.236. The van der Waals surface area contributed by atoms with Crippen molar-refractivity contribution in [1.29, 1.82) is 0 Å². The molecule has 2 aliphatic heterocycles. The van der Waals surface area contributed by atoms with Gasteiger partial charge < -0.3 is 10.6 Å². The zero-order valence-electron chi connectivity index (χ0n) is 14.7. The zero-order valence-corrected chi connectivity index (χ0v) is 14.7. The number of piperidine rings is 1. The molecule has 2 heterocycles. The molecule has 1 unspecified atom stereocenters. The molecule has 3 rings (SSSR count). The minimum Gasteiger partial charge on any atom is -0.355 e. The maximum atomic E-state index is 12.2. The van der Waals surface area contributed by atoms with E-state index in [0.29, 0.717) is 12.5 Å². The van der Waals surface area contributed by atoms with Crippen LogP contribution in [0.15, 0.2) is 30.3 Å². The standard InChI is InChI=1S/C20H31N3O/c24-20(9-8-17-10-12-21-13-11-17)22-15-19-7-4-14-23(19)16-18-5-2-1-3-6-18/h1-3,5-6,17,19,21H,4,7-16H2,(H,22,24). The Bertz CT molecular complexity index is 499. The van der Waals surface area contributed by atoms with E-state index in [9.17, 15) is 4.79 Å². The highest BCUT2D eigenvalue weighted by Gasteiger charge is 2.24. The number of likely N-dealkylation sites (tertiary alicyclic amines) is 1. The van der Waals surface area contributed by atoms with E-state index in [2.05, 4.69) is 45.9 Å². The molecule has 0 saturated carbocycles. The van der Waals surface area contributed by atoms with Crippen LogP contribution in [0.25, 0.3) is 0 Å². The second kappa shape index (κ2) is 9.19. The van der Waals surface area contributed by atoms with Gasteiger partial charge in [0.05, 0.1) is 0 Å². The monoisotopic (exact) mass is 329 g/mol. The molecule has 2 fully saturated rings. The Morgan fingerprint density at radius 1 is 1.17 bits per heavy atom. The summed E-state index contributed by atoms with van der Waals surface area (Å²) in [6.45, 7) is 5.17. The van der Waals surface area contributed by atoms with Crippen molar-refractivity contribution < 1.29 is 4.79 Å². The third kappa shape index (κ3) is 5.32. The first-order valence-electron chi connectivity index (χ1n) is 9.56. The fourth-order valence-electron chi connectivity index (χ4n) is 3.98. The summed E-state index contributed by atoms with van der Waals surface area (Å²) in [5.74, 6) is 0.971. The smallest absolute Gasteiger partial charge is 0.220 e. The highest BCUT2D eigenvalue weighted by atomic mass is 16.1. The van der Waals surface area contributed by atoms with E-state index in [-0.39, 0.29) is 5.91 Å². The van der Waals surface area contributed by atoms with Gasteiger partial charge in [-0.25, -0.2) is 0 Å². The molecule has 0 bridgehead atoms. The summed E-state index contributed by atoms with van der Waals surface area (Å²) in [4.78, 5) is 14.7. The van der Waals surface area contributed by atoms with Crippen LogP contribution >= 0.6 is 0 Å². The number of hydrogen-bond acceptors (Lipinski definition) is 3. The second-order valence-corrected chi connectivity index (χ2v) is 7.29. The number of nitrogens with one attached hydrogen (secondary N) is 2. The molecule has 2 N–H and O–H groups in total. The van der Waals surface area contributed by atoms with Crippen LogP contribution < -0.4 is 10.6 Å². The maximum absolute atomic E-state index is 12.2. The average molecular weight is 329 g/mol. The SMILES string of the molecule is O=C(CCC1CCNCC1)NCC1CCCN1Cc1ccccc1. The summed E-state index contributed by atoms with van der Waals surface area (Å²) >= 11 is 0. The molecule has 0 aromatic heterocycles. The second-order valence-electron chi connectivity index (χ2n) is 7.29. The number of benzene rings is 1. The normalized spacial score (nSPS) is 22.6. The van der Waals surface area contributed by atoms with Gasteiger partial charge in [0.15, 0.2) is 0 Å². The quantitative estimate of drug-likeness (QED) is 0.808. The van der Waals surface area contributed by atoms with E-state index in [1.807, 2.05) is 0 Å². The fourth-order valence-corrected chi connectivity index (χ4v) is 3.98. The number of amides is 1. The van der Waals surface area contributed by atoms with Gasteiger partial charge in [0.1, 0.15) is 0 Å².